The van der Waals surface area contributed by atoms with Gasteiger partial charge >= 0.3 is 5.97 Å². The molecule has 1 saturated heterocycles. The summed E-state index contributed by atoms with van der Waals surface area (Å²) < 4.78 is 4.53. The fourth-order valence-electron chi connectivity index (χ4n) is 1.38. The number of methoxy groups -OCH3 is 1. The third-order valence-electron chi connectivity index (χ3n) is 2.32. The number of amides is 2. The number of esters is 1. The molecule has 102 valence electrons. The van der Waals surface area contributed by atoms with Gasteiger partial charge in [0.1, 0.15) is 6.04 Å². The number of anilines is 1. The Kier molecular flexibility index (Phi) is 4.38. The number of hydrogen-bond donors (Lipinski definition) is 2. The lowest BCUT2D eigenvalue weighted by atomic mass is 10.3. The first-order valence-corrected chi connectivity index (χ1v) is 7.20. The van der Waals surface area contributed by atoms with Gasteiger partial charge in [0.15, 0.2) is 5.13 Å². The summed E-state index contributed by atoms with van der Waals surface area (Å²) in [6.07, 6.45) is 0.0683. The van der Waals surface area contributed by atoms with E-state index in [-0.39, 0.29) is 23.5 Å². The first-order valence-electron chi connectivity index (χ1n) is 5.34. The van der Waals surface area contributed by atoms with E-state index in [9.17, 15) is 14.4 Å². The van der Waals surface area contributed by atoms with E-state index in [0.29, 0.717) is 16.6 Å². The Bertz CT molecular complexity index is 517. The normalized spacial score (nSPS) is 17.9. The second-order valence-corrected chi connectivity index (χ2v) is 5.53. The van der Waals surface area contributed by atoms with Gasteiger partial charge < -0.3 is 15.4 Å². The van der Waals surface area contributed by atoms with Crippen LogP contribution in [-0.2, 0) is 20.7 Å². The maximum Gasteiger partial charge on any atom is 0.311 e. The van der Waals surface area contributed by atoms with Crippen LogP contribution in [0, 0.1) is 0 Å². The lowest BCUT2D eigenvalue weighted by Gasteiger charge is -2.07. The van der Waals surface area contributed by atoms with E-state index in [1.807, 2.05) is 0 Å². The maximum atomic E-state index is 11.8. The minimum atomic E-state index is -0.537. The smallest absolute Gasteiger partial charge is 0.311 e. The summed E-state index contributed by atoms with van der Waals surface area (Å²) in [4.78, 5) is 37.9. The molecule has 0 aromatic carbocycles. The average molecular weight is 301 g/mol. The van der Waals surface area contributed by atoms with E-state index in [1.165, 1.54) is 18.4 Å². The van der Waals surface area contributed by atoms with Crippen molar-refractivity contribution in [2.75, 3.05) is 18.2 Å². The monoisotopic (exact) mass is 301 g/mol. The largest absolute Gasteiger partial charge is 0.469 e. The highest BCUT2D eigenvalue weighted by molar-refractivity contribution is 8.14. The Hall–Kier alpha value is -1.61. The van der Waals surface area contributed by atoms with Gasteiger partial charge in [0, 0.05) is 11.1 Å². The number of hydrogen-bond acceptors (Lipinski definition) is 7. The molecule has 7 nitrogen and oxygen atoms in total. The predicted molar refractivity (Wildman–Crippen MR) is 71.2 cm³/mol. The summed E-state index contributed by atoms with van der Waals surface area (Å²) in [7, 11) is 1.30. The van der Waals surface area contributed by atoms with Crippen LogP contribution >= 0.6 is 23.1 Å². The number of nitrogens with one attached hydrogen (secondary N) is 2. The van der Waals surface area contributed by atoms with Crippen LogP contribution < -0.4 is 10.6 Å². The molecule has 1 aromatic rings. The molecule has 1 unspecified atom stereocenters. The number of carbonyl (C=O) groups excluding carboxylic acids is 3. The van der Waals surface area contributed by atoms with Crippen LogP contribution in [0.5, 0.6) is 0 Å². The summed E-state index contributed by atoms with van der Waals surface area (Å²) in [5.74, 6) is -0.287. The first kappa shape index (κ1) is 13.8. The van der Waals surface area contributed by atoms with Gasteiger partial charge in [0.2, 0.25) is 5.91 Å². The molecule has 2 amide bonds. The van der Waals surface area contributed by atoms with Gasteiger partial charge in [-0.3, -0.25) is 14.4 Å². The summed E-state index contributed by atoms with van der Waals surface area (Å²) in [6.45, 7) is 0. The molecule has 0 saturated carbocycles. The van der Waals surface area contributed by atoms with E-state index in [0.717, 1.165) is 11.8 Å². The van der Waals surface area contributed by atoms with Crippen LogP contribution in [0.25, 0.3) is 0 Å². The number of thiazole rings is 1. The molecule has 0 spiro atoms. The second-order valence-electron chi connectivity index (χ2n) is 3.68. The fraction of sp³-hybridized carbons (Fsp3) is 0.400. The molecule has 0 aliphatic carbocycles. The van der Waals surface area contributed by atoms with E-state index < -0.39 is 6.04 Å². The van der Waals surface area contributed by atoms with Gasteiger partial charge in [-0.15, -0.1) is 11.3 Å². The minimum absolute atomic E-state index is 0.0683. The molecule has 9 heteroatoms. The number of aromatic nitrogens is 1. The zero-order valence-electron chi connectivity index (χ0n) is 9.97. The highest BCUT2D eigenvalue weighted by atomic mass is 32.2. The Labute approximate surface area is 117 Å². The third kappa shape index (κ3) is 3.67. The number of rotatable bonds is 4. The third-order valence-corrected chi connectivity index (χ3v) is 4.01. The van der Waals surface area contributed by atoms with Crippen molar-refractivity contribution < 1.29 is 19.1 Å². The minimum Gasteiger partial charge on any atom is -0.469 e. The van der Waals surface area contributed by atoms with Crippen LogP contribution in [-0.4, -0.2) is 41.0 Å². The van der Waals surface area contributed by atoms with Crippen LogP contribution in [0.3, 0.4) is 0 Å². The summed E-state index contributed by atoms with van der Waals surface area (Å²) in [6, 6.07) is -0.537. The highest BCUT2D eigenvalue weighted by Gasteiger charge is 2.28. The standard InChI is InChI=1S/C10H11N3O4S2/c1-17-7(14)2-5-3-18-9(11-5)13-8(15)6-4-19-10(16)12-6/h3,6H,2,4H2,1H3,(H,12,16)(H,11,13,15). The van der Waals surface area contributed by atoms with Crippen LogP contribution in [0.15, 0.2) is 5.38 Å². The maximum absolute atomic E-state index is 11.8. The molecule has 0 radical (unpaired) electrons. The van der Waals surface area contributed by atoms with E-state index in [4.69, 9.17) is 0 Å². The molecule has 1 atom stereocenters. The molecule has 1 aliphatic heterocycles. The quantitative estimate of drug-likeness (QED) is 0.791. The summed E-state index contributed by atoms with van der Waals surface area (Å²) in [5.41, 5.74) is 0.539. The number of nitrogens with zero attached hydrogens (tertiary/aromatic N) is 1. The van der Waals surface area contributed by atoms with E-state index in [2.05, 4.69) is 20.4 Å². The second kappa shape index (κ2) is 6.02. The van der Waals surface area contributed by atoms with Gasteiger partial charge in [0.05, 0.1) is 19.2 Å². The number of carbonyl (C=O) groups is 3. The summed E-state index contributed by atoms with van der Waals surface area (Å²) in [5, 5.41) is 7.01. The molecule has 1 fully saturated rings. The first-order chi connectivity index (χ1) is 9.08. The molecular weight excluding hydrogens is 290 g/mol. The van der Waals surface area contributed by atoms with Crippen LogP contribution in [0.4, 0.5) is 9.93 Å². The van der Waals surface area contributed by atoms with Crippen molar-refractivity contribution in [3.63, 3.8) is 0 Å². The molecule has 1 aliphatic rings. The van der Waals surface area contributed by atoms with Gasteiger partial charge in [-0.25, -0.2) is 4.98 Å². The Morgan fingerprint density at radius 1 is 1.63 bits per heavy atom. The van der Waals surface area contributed by atoms with Crippen molar-refractivity contribution in [3.8, 4) is 0 Å². The van der Waals surface area contributed by atoms with Crippen LogP contribution in [0.1, 0.15) is 5.69 Å². The van der Waals surface area contributed by atoms with E-state index in [1.54, 1.807) is 5.38 Å². The van der Waals surface area contributed by atoms with Crippen molar-refractivity contribution in [2.24, 2.45) is 0 Å². The Morgan fingerprint density at radius 2 is 2.42 bits per heavy atom. The van der Waals surface area contributed by atoms with Crippen molar-refractivity contribution in [1.82, 2.24) is 10.3 Å². The lowest BCUT2D eigenvalue weighted by molar-refractivity contribution is -0.139. The zero-order valence-corrected chi connectivity index (χ0v) is 11.6. The lowest BCUT2D eigenvalue weighted by Crippen LogP contribution is -2.38. The van der Waals surface area contributed by atoms with Gasteiger partial charge in [-0.1, -0.05) is 11.8 Å². The summed E-state index contributed by atoms with van der Waals surface area (Å²) >= 11 is 2.29. The topological polar surface area (TPSA) is 97.4 Å². The van der Waals surface area contributed by atoms with Crippen molar-refractivity contribution in [2.45, 2.75) is 12.5 Å². The molecule has 0 bridgehead atoms. The predicted octanol–water partition coefficient (Wildman–Crippen LogP) is 0.622. The van der Waals surface area contributed by atoms with Gasteiger partial charge in [-0.2, -0.15) is 0 Å². The van der Waals surface area contributed by atoms with Crippen molar-refractivity contribution >= 4 is 45.3 Å². The molecule has 1 aromatic heterocycles. The average Bonchev–Trinajstić information content (AvgIpc) is 2.98. The van der Waals surface area contributed by atoms with Crippen molar-refractivity contribution in [3.05, 3.63) is 11.1 Å². The highest BCUT2D eigenvalue weighted by Crippen LogP contribution is 2.18. The molecule has 2 heterocycles. The Balaban J connectivity index is 1.90. The molecular formula is C10H11N3O4S2. The van der Waals surface area contributed by atoms with E-state index >= 15 is 0 Å². The number of ether oxygens (including phenoxy) is 1. The fourth-order valence-corrected chi connectivity index (χ4v) is 2.88. The molecule has 2 N–H and O–H groups in total. The molecule has 2 rings (SSSR count). The SMILES string of the molecule is COC(=O)Cc1csc(NC(=O)C2CSC(=O)N2)n1. The number of thioether (sulfide) groups is 1. The zero-order chi connectivity index (χ0) is 13.8. The Morgan fingerprint density at radius 3 is 3.05 bits per heavy atom. The van der Waals surface area contributed by atoms with Gasteiger partial charge in [-0.05, 0) is 0 Å². The van der Waals surface area contributed by atoms with Crippen molar-refractivity contribution in [1.29, 1.82) is 0 Å². The molecule has 19 heavy (non-hydrogen) atoms. The van der Waals surface area contributed by atoms with Gasteiger partial charge in [0.25, 0.3) is 5.24 Å². The van der Waals surface area contributed by atoms with Crippen LogP contribution in [0.2, 0.25) is 0 Å².